The van der Waals surface area contributed by atoms with Crippen LogP contribution in [0.25, 0.3) is 0 Å². The minimum absolute atomic E-state index is 0.142. The van der Waals surface area contributed by atoms with E-state index in [2.05, 4.69) is 6.58 Å². The van der Waals surface area contributed by atoms with Gasteiger partial charge in [-0.05, 0) is 18.4 Å². The molecule has 0 aliphatic carbocycles. The Morgan fingerprint density at radius 1 is 1.67 bits per heavy atom. The molecule has 2 unspecified atom stereocenters. The second-order valence-corrected chi connectivity index (χ2v) is 4.07. The Bertz CT molecular complexity index is 251. The highest BCUT2D eigenvalue weighted by Crippen LogP contribution is 2.29. The lowest BCUT2D eigenvalue weighted by Gasteiger charge is -2.17. The van der Waals surface area contributed by atoms with Gasteiger partial charge in [0.05, 0.1) is 6.10 Å². The van der Waals surface area contributed by atoms with Gasteiger partial charge in [-0.2, -0.15) is 0 Å². The number of rotatable bonds is 3. The standard InChI is InChI=1S/C10H14OS/c1-7(2)8(3)10(11)9-5-4-6-12-9/h4-6,8,10-11H,1H2,2-3H3. The van der Waals surface area contributed by atoms with Crippen LogP contribution in [-0.2, 0) is 0 Å². The van der Waals surface area contributed by atoms with E-state index in [1.54, 1.807) is 11.3 Å². The van der Waals surface area contributed by atoms with Crippen LogP contribution in [0.2, 0.25) is 0 Å². The summed E-state index contributed by atoms with van der Waals surface area (Å²) in [6.07, 6.45) is -0.387. The molecule has 2 heteroatoms. The van der Waals surface area contributed by atoms with Crippen molar-refractivity contribution >= 4 is 11.3 Å². The van der Waals surface area contributed by atoms with Gasteiger partial charge in [-0.25, -0.2) is 0 Å². The molecular weight excluding hydrogens is 168 g/mol. The Balaban J connectivity index is 2.71. The van der Waals surface area contributed by atoms with Crippen molar-refractivity contribution in [2.75, 3.05) is 0 Å². The number of aliphatic hydroxyl groups excluding tert-OH is 1. The van der Waals surface area contributed by atoms with Gasteiger partial charge in [-0.1, -0.05) is 25.1 Å². The zero-order valence-corrected chi connectivity index (χ0v) is 8.27. The third-order valence-corrected chi connectivity index (χ3v) is 3.03. The van der Waals surface area contributed by atoms with E-state index in [1.807, 2.05) is 31.4 Å². The summed E-state index contributed by atoms with van der Waals surface area (Å²) in [4.78, 5) is 1.02. The lowest BCUT2D eigenvalue weighted by molar-refractivity contribution is 0.138. The summed E-state index contributed by atoms with van der Waals surface area (Å²) in [5.74, 6) is 0.142. The SMILES string of the molecule is C=C(C)C(C)C(O)c1cccs1. The molecule has 1 aromatic heterocycles. The largest absolute Gasteiger partial charge is 0.387 e. The molecule has 0 aromatic carbocycles. The normalized spacial score (nSPS) is 15.6. The molecule has 2 atom stereocenters. The van der Waals surface area contributed by atoms with Crippen molar-refractivity contribution in [1.29, 1.82) is 0 Å². The van der Waals surface area contributed by atoms with Crippen molar-refractivity contribution in [2.45, 2.75) is 20.0 Å². The molecule has 0 spiro atoms. The minimum atomic E-state index is -0.387. The van der Waals surface area contributed by atoms with Crippen LogP contribution in [-0.4, -0.2) is 5.11 Å². The van der Waals surface area contributed by atoms with Crippen molar-refractivity contribution in [3.05, 3.63) is 34.5 Å². The monoisotopic (exact) mass is 182 g/mol. The number of hydrogen-bond acceptors (Lipinski definition) is 2. The summed E-state index contributed by atoms with van der Waals surface area (Å²) in [7, 11) is 0. The molecule has 1 N–H and O–H groups in total. The van der Waals surface area contributed by atoms with Crippen LogP contribution < -0.4 is 0 Å². The van der Waals surface area contributed by atoms with Crippen molar-refractivity contribution in [3.63, 3.8) is 0 Å². The van der Waals surface area contributed by atoms with E-state index in [0.717, 1.165) is 10.5 Å². The van der Waals surface area contributed by atoms with Crippen molar-refractivity contribution in [1.82, 2.24) is 0 Å². The Morgan fingerprint density at radius 3 is 2.75 bits per heavy atom. The number of hydrogen-bond donors (Lipinski definition) is 1. The van der Waals surface area contributed by atoms with E-state index < -0.39 is 0 Å². The topological polar surface area (TPSA) is 20.2 Å². The lowest BCUT2D eigenvalue weighted by Crippen LogP contribution is -2.08. The molecule has 0 bridgehead atoms. The first-order chi connectivity index (χ1) is 5.63. The fourth-order valence-corrected chi connectivity index (χ4v) is 1.79. The van der Waals surface area contributed by atoms with Gasteiger partial charge in [0, 0.05) is 10.8 Å². The van der Waals surface area contributed by atoms with Crippen LogP contribution >= 0.6 is 11.3 Å². The van der Waals surface area contributed by atoms with E-state index in [-0.39, 0.29) is 12.0 Å². The lowest BCUT2D eigenvalue weighted by atomic mass is 9.97. The average molecular weight is 182 g/mol. The van der Waals surface area contributed by atoms with Crippen molar-refractivity contribution in [3.8, 4) is 0 Å². The van der Waals surface area contributed by atoms with E-state index in [4.69, 9.17) is 0 Å². The van der Waals surface area contributed by atoms with Gasteiger partial charge in [-0.3, -0.25) is 0 Å². The maximum Gasteiger partial charge on any atom is 0.0944 e. The molecule has 0 radical (unpaired) electrons. The van der Waals surface area contributed by atoms with Crippen molar-refractivity contribution in [2.24, 2.45) is 5.92 Å². The highest BCUT2D eigenvalue weighted by Gasteiger charge is 2.17. The first-order valence-corrected chi connectivity index (χ1v) is 4.87. The van der Waals surface area contributed by atoms with Crippen LogP contribution in [0.1, 0.15) is 24.8 Å². The average Bonchev–Trinajstić information content (AvgIpc) is 2.53. The van der Waals surface area contributed by atoms with Gasteiger partial charge in [0.25, 0.3) is 0 Å². The molecule has 66 valence electrons. The number of aliphatic hydroxyl groups is 1. The summed E-state index contributed by atoms with van der Waals surface area (Å²) in [5.41, 5.74) is 1.02. The Hall–Kier alpha value is -0.600. The first kappa shape index (κ1) is 9.49. The van der Waals surface area contributed by atoms with Gasteiger partial charge >= 0.3 is 0 Å². The summed E-state index contributed by atoms with van der Waals surface area (Å²) >= 11 is 1.59. The van der Waals surface area contributed by atoms with E-state index >= 15 is 0 Å². The molecule has 0 aliphatic rings. The minimum Gasteiger partial charge on any atom is -0.387 e. The second-order valence-electron chi connectivity index (χ2n) is 3.10. The quantitative estimate of drug-likeness (QED) is 0.712. The van der Waals surface area contributed by atoms with Crippen LogP contribution in [0, 0.1) is 5.92 Å². The Morgan fingerprint density at radius 2 is 2.33 bits per heavy atom. The van der Waals surface area contributed by atoms with E-state index in [0.29, 0.717) is 0 Å². The van der Waals surface area contributed by atoms with Gasteiger partial charge < -0.3 is 5.11 Å². The summed E-state index contributed by atoms with van der Waals surface area (Å²) in [5, 5.41) is 11.8. The second kappa shape index (κ2) is 3.87. The molecule has 1 nitrogen and oxygen atoms in total. The third kappa shape index (κ3) is 1.96. The highest BCUT2D eigenvalue weighted by atomic mass is 32.1. The first-order valence-electron chi connectivity index (χ1n) is 3.99. The van der Waals surface area contributed by atoms with Gasteiger partial charge in [0.15, 0.2) is 0 Å². The fourth-order valence-electron chi connectivity index (χ4n) is 0.975. The molecular formula is C10H14OS. The summed E-state index contributed by atoms with van der Waals surface area (Å²) in [6.45, 7) is 7.77. The van der Waals surface area contributed by atoms with Crippen LogP contribution in [0.4, 0.5) is 0 Å². The third-order valence-electron chi connectivity index (χ3n) is 2.09. The maximum absolute atomic E-state index is 9.80. The van der Waals surface area contributed by atoms with Gasteiger partial charge in [0.1, 0.15) is 0 Å². The summed E-state index contributed by atoms with van der Waals surface area (Å²) < 4.78 is 0. The zero-order valence-electron chi connectivity index (χ0n) is 7.45. The molecule has 0 amide bonds. The van der Waals surface area contributed by atoms with Crippen LogP contribution in [0.3, 0.4) is 0 Å². The molecule has 0 aliphatic heterocycles. The fraction of sp³-hybridized carbons (Fsp3) is 0.400. The van der Waals surface area contributed by atoms with Gasteiger partial charge in [0.2, 0.25) is 0 Å². The van der Waals surface area contributed by atoms with Crippen molar-refractivity contribution < 1.29 is 5.11 Å². The predicted octanol–water partition coefficient (Wildman–Crippen LogP) is 2.99. The summed E-state index contributed by atoms with van der Waals surface area (Å²) in [6, 6.07) is 3.91. The predicted molar refractivity (Wildman–Crippen MR) is 53.3 cm³/mol. The molecule has 1 rings (SSSR count). The van der Waals surface area contributed by atoms with Crippen LogP contribution in [0.15, 0.2) is 29.7 Å². The molecule has 12 heavy (non-hydrogen) atoms. The van der Waals surface area contributed by atoms with Crippen LogP contribution in [0.5, 0.6) is 0 Å². The van der Waals surface area contributed by atoms with Gasteiger partial charge in [-0.15, -0.1) is 11.3 Å². The van der Waals surface area contributed by atoms with E-state index in [1.165, 1.54) is 0 Å². The Kier molecular flexibility index (Phi) is 3.06. The molecule has 1 aromatic rings. The number of thiophene rings is 1. The van der Waals surface area contributed by atoms with E-state index in [9.17, 15) is 5.11 Å². The zero-order chi connectivity index (χ0) is 9.14. The molecule has 0 saturated heterocycles. The molecule has 0 fully saturated rings. The smallest absolute Gasteiger partial charge is 0.0944 e. The maximum atomic E-state index is 9.80. The molecule has 0 saturated carbocycles. The Labute approximate surface area is 77.4 Å². The molecule has 1 heterocycles. The highest BCUT2D eigenvalue weighted by molar-refractivity contribution is 7.10.